The number of nitrogens with zero attached hydrogens (tertiary/aromatic N) is 6. The lowest BCUT2D eigenvalue weighted by atomic mass is 9.92. The number of rotatable bonds is 10. The van der Waals surface area contributed by atoms with Crippen molar-refractivity contribution in [2.75, 3.05) is 6.61 Å². The summed E-state index contributed by atoms with van der Waals surface area (Å²) in [6, 6.07) is 18.4. The van der Waals surface area contributed by atoms with Gasteiger partial charge in [0, 0.05) is 29.7 Å². The first-order valence-electron chi connectivity index (χ1n) is 15.2. The number of ether oxygens (including phenoxy) is 1. The summed E-state index contributed by atoms with van der Waals surface area (Å²) in [4.78, 5) is 14.3. The number of aromatic nitrogens is 7. The van der Waals surface area contributed by atoms with Crippen molar-refractivity contribution in [3.8, 4) is 22.5 Å². The van der Waals surface area contributed by atoms with Gasteiger partial charge >= 0.3 is 0 Å². The Morgan fingerprint density at radius 3 is 2.44 bits per heavy atom. The van der Waals surface area contributed by atoms with E-state index in [-0.39, 0.29) is 17.7 Å². The molecule has 43 heavy (non-hydrogen) atoms. The number of aliphatic hydroxyl groups is 1. The zero-order valence-corrected chi connectivity index (χ0v) is 25.0. The lowest BCUT2D eigenvalue weighted by Gasteiger charge is -2.32. The van der Waals surface area contributed by atoms with E-state index in [9.17, 15) is 9.90 Å². The van der Waals surface area contributed by atoms with Crippen LogP contribution in [0, 0.1) is 0 Å². The molecule has 3 heterocycles. The third kappa shape index (κ3) is 6.16. The molecule has 3 aromatic heterocycles. The molecule has 224 valence electrons. The van der Waals surface area contributed by atoms with Crippen molar-refractivity contribution in [2.45, 2.75) is 83.5 Å². The van der Waals surface area contributed by atoms with Gasteiger partial charge in [-0.2, -0.15) is 5.10 Å². The number of hydrogen-bond acceptors (Lipinski definition) is 7. The summed E-state index contributed by atoms with van der Waals surface area (Å²) in [6.07, 6.45) is 7.52. The standard InChI is InChI=1S/C33H39N7O3/c1-4-7-29-28(20-22-10-12-23(13-11-22)26-8-5-6-9-27(26)31-35-37-38-36-31)32(41)39(30-18-19-34-40(29)30)24-14-16-25(17-15-24)43-21-33(2,3)42/h5-6,8-13,18-19,24-25,42H,4,7,14-17,20-21H2,1-3H3,(H,35,36,37,38)/t24-,25-. The summed E-state index contributed by atoms with van der Waals surface area (Å²) in [5.74, 6) is 0.620. The summed E-state index contributed by atoms with van der Waals surface area (Å²) in [5, 5.41) is 29.2. The van der Waals surface area contributed by atoms with Crippen molar-refractivity contribution >= 4 is 5.65 Å². The topological polar surface area (TPSA) is 123 Å². The fourth-order valence-electron chi connectivity index (χ4n) is 6.22. The van der Waals surface area contributed by atoms with Gasteiger partial charge in [-0.1, -0.05) is 61.9 Å². The van der Waals surface area contributed by atoms with Crippen LogP contribution in [0.4, 0.5) is 0 Å². The highest BCUT2D eigenvalue weighted by Crippen LogP contribution is 2.33. The largest absolute Gasteiger partial charge is 0.388 e. The van der Waals surface area contributed by atoms with E-state index in [1.54, 1.807) is 20.0 Å². The van der Waals surface area contributed by atoms with Crippen molar-refractivity contribution in [1.29, 1.82) is 0 Å². The number of nitrogens with one attached hydrogen (secondary N) is 1. The predicted molar refractivity (Wildman–Crippen MR) is 165 cm³/mol. The SMILES string of the molecule is CCCc1c(Cc2ccc(-c3ccccc3-c3nnn[nH]3)cc2)c(=O)n([C@H]2CC[C@H](OCC(C)(C)O)CC2)c2ccnn12. The monoisotopic (exact) mass is 581 g/mol. The Balaban J connectivity index is 1.30. The second-order valence-corrected chi connectivity index (χ2v) is 12.2. The van der Waals surface area contributed by atoms with E-state index in [0.29, 0.717) is 18.9 Å². The number of aromatic amines is 1. The summed E-state index contributed by atoms with van der Waals surface area (Å²) in [5.41, 5.74) is 5.94. The number of H-pyrrole nitrogens is 1. The van der Waals surface area contributed by atoms with E-state index < -0.39 is 5.60 Å². The fourth-order valence-corrected chi connectivity index (χ4v) is 6.22. The summed E-state index contributed by atoms with van der Waals surface area (Å²) < 4.78 is 9.95. The zero-order chi connectivity index (χ0) is 30.0. The lowest BCUT2D eigenvalue weighted by molar-refractivity contribution is -0.0654. The van der Waals surface area contributed by atoms with E-state index in [1.165, 1.54) is 0 Å². The Hall–Kier alpha value is -4.15. The minimum Gasteiger partial charge on any atom is -0.388 e. The molecule has 2 N–H and O–H groups in total. The molecule has 5 aromatic rings. The molecule has 0 unspecified atom stereocenters. The van der Waals surface area contributed by atoms with Gasteiger partial charge in [-0.3, -0.25) is 9.36 Å². The molecular weight excluding hydrogens is 542 g/mol. The Morgan fingerprint density at radius 1 is 1.02 bits per heavy atom. The Bertz CT molecular complexity index is 1730. The first kappa shape index (κ1) is 28.9. The average molecular weight is 582 g/mol. The molecule has 10 heteroatoms. The Labute approximate surface area is 250 Å². The first-order chi connectivity index (χ1) is 20.8. The van der Waals surface area contributed by atoms with Crippen LogP contribution in [0.5, 0.6) is 0 Å². The fraction of sp³-hybridized carbons (Fsp3) is 0.424. The summed E-state index contributed by atoms with van der Waals surface area (Å²) in [6.45, 7) is 5.97. The van der Waals surface area contributed by atoms with Gasteiger partial charge in [0.15, 0.2) is 5.82 Å². The second kappa shape index (κ2) is 12.2. The molecule has 0 saturated heterocycles. The number of tetrazole rings is 1. The van der Waals surface area contributed by atoms with Crippen LogP contribution < -0.4 is 5.56 Å². The highest BCUT2D eigenvalue weighted by molar-refractivity contribution is 5.80. The van der Waals surface area contributed by atoms with Gasteiger partial charge in [-0.05, 0) is 73.1 Å². The number of fused-ring (bicyclic) bond motifs is 1. The van der Waals surface area contributed by atoms with Crippen molar-refractivity contribution in [3.05, 3.63) is 88.0 Å². The summed E-state index contributed by atoms with van der Waals surface area (Å²) >= 11 is 0. The van der Waals surface area contributed by atoms with Crippen LogP contribution in [-0.4, -0.2) is 58.2 Å². The minimum absolute atomic E-state index is 0.0737. The van der Waals surface area contributed by atoms with E-state index in [1.807, 2.05) is 33.3 Å². The Morgan fingerprint density at radius 2 is 1.77 bits per heavy atom. The molecule has 1 aliphatic rings. The second-order valence-electron chi connectivity index (χ2n) is 12.2. The Kier molecular flexibility index (Phi) is 8.23. The molecule has 0 amide bonds. The first-order valence-corrected chi connectivity index (χ1v) is 15.2. The number of hydrogen-bond donors (Lipinski definition) is 2. The molecule has 0 atom stereocenters. The predicted octanol–water partition coefficient (Wildman–Crippen LogP) is 5.16. The molecule has 0 bridgehead atoms. The molecule has 0 radical (unpaired) electrons. The highest BCUT2D eigenvalue weighted by Gasteiger charge is 2.28. The molecular formula is C33H39N7O3. The highest BCUT2D eigenvalue weighted by atomic mass is 16.5. The van der Waals surface area contributed by atoms with Crippen LogP contribution in [0.1, 0.15) is 75.7 Å². The molecule has 0 spiro atoms. The van der Waals surface area contributed by atoms with E-state index in [4.69, 9.17) is 4.74 Å². The maximum Gasteiger partial charge on any atom is 0.257 e. The van der Waals surface area contributed by atoms with Crippen molar-refractivity contribution in [3.63, 3.8) is 0 Å². The van der Waals surface area contributed by atoms with Crippen LogP contribution in [0.3, 0.4) is 0 Å². The maximum absolute atomic E-state index is 14.3. The van der Waals surface area contributed by atoms with Gasteiger partial charge in [-0.15, -0.1) is 5.10 Å². The molecule has 0 aliphatic heterocycles. The average Bonchev–Trinajstić information content (AvgIpc) is 3.72. The van der Waals surface area contributed by atoms with Crippen LogP contribution >= 0.6 is 0 Å². The number of aryl methyl sites for hydroxylation is 1. The van der Waals surface area contributed by atoms with Crippen molar-refractivity contribution < 1.29 is 9.84 Å². The van der Waals surface area contributed by atoms with Gasteiger partial charge in [0.1, 0.15) is 5.65 Å². The van der Waals surface area contributed by atoms with Crippen LogP contribution in [0.25, 0.3) is 28.2 Å². The zero-order valence-electron chi connectivity index (χ0n) is 25.0. The number of benzene rings is 2. The van der Waals surface area contributed by atoms with Crippen LogP contribution in [0.2, 0.25) is 0 Å². The van der Waals surface area contributed by atoms with Gasteiger partial charge in [0.25, 0.3) is 5.56 Å². The molecule has 10 nitrogen and oxygen atoms in total. The van der Waals surface area contributed by atoms with Crippen molar-refractivity contribution in [2.24, 2.45) is 0 Å². The normalized spacial score (nSPS) is 17.5. The smallest absolute Gasteiger partial charge is 0.257 e. The molecule has 2 aromatic carbocycles. The third-order valence-electron chi connectivity index (χ3n) is 8.29. The molecule has 1 aliphatic carbocycles. The van der Waals surface area contributed by atoms with E-state index in [0.717, 1.165) is 77.7 Å². The summed E-state index contributed by atoms with van der Waals surface area (Å²) in [7, 11) is 0. The molecule has 6 rings (SSSR count). The molecule has 1 fully saturated rings. The minimum atomic E-state index is -0.850. The molecule has 1 saturated carbocycles. The quantitative estimate of drug-likeness (QED) is 0.234. The van der Waals surface area contributed by atoms with Gasteiger partial charge in [0.05, 0.1) is 30.2 Å². The maximum atomic E-state index is 14.3. The van der Waals surface area contributed by atoms with E-state index in [2.05, 4.69) is 63.0 Å². The van der Waals surface area contributed by atoms with Crippen molar-refractivity contribution in [1.82, 2.24) is 34.8 Å². The van der Waals surface area contributed by atoms with Gasteiger partial charge < -0.3 is 9.84 Å². The van der Waals surface area contributed by atoms with Crippen LogP contribution in [-0.2, 0) is 17.6 Å². The lowest BCUT2D eigenvalue weighted by Crippen LogP contribution is -2.36. The van der Waals surface area contributed by atoms with Gasteiger partial charge in [-0.25, -0.2) is 9.61 Å². The van der Waals surface area contributed by atoms with Crippen LogP contribution in [0.15, 0.2) is 65.6 Å². The van der Waals surface area contributed by atoms with Gasteiger partial charge in [0.2, 0.25) is 0 Å². The van der Waals surface area contributed by atoms with E-state index >= 15 is 0 Å². The third-order valence-corrected chi connectivity index (χ3v) is 8.29.